The maximum atomic E-state index is 11.3. The van der Waals surface area contributed by atoms with Crippen LogP contribution < -0.4 is 5.43 Å². The van der Waals surface area contributed by atoms with Gasteiger partial charge in [-0.3, -0.25) is 4.79 Å². The summed E-state index contributed by atoms with van der Waals surface area (Å²) < 4.78 is 0.212. The summed E-state index contributed by atoms with van der Waals surface area (Å²) in [5.74, 6) is -0.217. The third-order valence-electron chi connectivity index (χ3n) is 1.63. The molecule has 1 amide bonds. The molecule has 3 N–H and O–H groups in total. The normalized spacial score (nSPS) is 16.1. The van der Waals surface area contributed by atoms with Gasteiger partial charge in [0.2, 0.25) is 0 Å². The van der Waals surface area contributed by atoms with Gasteiger partial charge in [-0.2, -0.15) is 0 Å². The van der Waals surface area contributed by atoms with Crippen molar-refractivity contribution in [3.63, 3.8) is 0 Å². The van der Waals surface area contributed by atoms with E-state index in [0.29, 0.717) is 6.54 Å². The molecule has 0 spiro atoms. The number of nitrogens with one attached hydrogen (secondary N) is 1. The fourth-order valence-electron chi connectivity index (χ4n) is 1.36. The van der Waals surface area contributed by atoms with Crippen LogP contribution in [0.25, 0.3) is 0 Å². The predicted molar refractivity (Wildman–Crippen MR) is 53.1 cm³/mol. The van der Waals surface area contributed by atoms with Crippen LogP contribution in [0.1, 0.15) is 20.3 Å². The van der Waals surface area contributed by atoms with Crippen LogP contribution in [0.15, 0.2) is 0 Å². The lowest BCUT2D eigenvalue weighted by atomic mass is 10.3. The van der Waals surface area contributed by atoms with E-state index in [1.165, 1.54) is 0 Å². The molecule has 5 nitrogen and oxygen atoms in total. The summed E-state index contributed by atoms with van der Waals surface area (Å²) in [5, 5.41) is 18.2. The van der Waals surface area contributed by atoms with Gasteiger partial charge in [0.25, 0.3) is 5.91 Å². The molecule has 0 fully saturated rings. The van der Waals surface area contributed by atoms with Gasteiger partial charge in [-0.25, -0.2) is 10.0 Å². The monoisotopic (exact) mass is 205 g/mol. The Bertz CT molecular complexity index is 190. The zero-order chi connectivity index (χ0) is 11.4. The van der Waals surface area contributed by atoms with Gasteiger partial charge in [0.1, 0.15) is 12.6 Å². The molecular weight excluding hydrogens is 184 g/mol. The van der Waals surface area contributed by atoms with E-state index in [0.717, 1.165) is 0 Å². The van der Waals surface area contributed by atoms with Crippen LogP contribution in [0.5, 0.6) is 0 Å². The van der Waals surface area contributed by atoms with E-state index in [4.69, 9.17) is 10.2 Å². The van der Waals surface area contributed by atoms with Crippen molar-refractivity contribution in [2.24, 2.45) is 0 Å². The Balaban J connectivity index is 4.01. The molecule has 0 heterocycles. The van der Waals surface area contributed by atoms with Crippen molar-refractivity contribution < 1.29 is 19.6 Å². The van der Waals surface area contributed by atoms with Crippen LogP contribution in [0.4, 0.5) is 0 Å². The van der Waals surface area contributed by atoms with Gasteiger partial charge in [0.05, 0.1) is 26.6 Å². The molecule has 2 atom stereocenters. The number of nitrogens with zero attached hydrogens (tertiary/aromatic N) is 1. The molecule has 0 rings (SSSR count). The average molecular weight is 205 g/mol. The predicted octanol–water partition coefficient (Wildman–Crippen LogP) is -0.754. The van der Waals surface area contributed by atoms with Crippen LogP contribution in [-0.2, 0) is 4.79 Å². The number of quaternary nitrogens is 1. The Kier molecular flexibility index (Phi) is 5.04. The summed E-state index contributed by atoms with van der Waals surface area (Å²) in [6.45, 7) is 3.67. The molecule has 0 saturated heterocycles. The lowest BCUT2D eigenvalue weighted by Crippen LogP contribution is -2.57. The molecule has 0 saturated carbocycles. The van der Waals surface area contributed by atoms with Gasteiger partial charge in [0.15, 0.2) is 0 Å². The van der Waals surface area contributed by atoms with Crippen molar-refractivity contribution in [1.82, 2.24) is 5.43 Å². The highest BCUT2D eigenvalue weighted by Crippen LogP contribution is 1.97. The minimum absolute atomic E-state index is 0.0848. The van der Waals surface area contributed by atoms with Crippen molar-refractivity contribution in [2.45, 2.75) is 32.5 Å². The summed E-state index contributed by atoms with van der Waals surface area (Å²) >= 11 is 0. The molecular formula is C9H21N2O3+. The first-order valence-electron chi connectivity index (χ1n) is 4.73. The van der Waals surface area contributed by atoms with E-state index < -0.39 is 12.2 Å². The van der Waals surface area contributed by atoms with Crippen molar-refractivity contribution in [2.75, 3.05) is 20.6 Å². The fraction of sp³-hybridized carbons (Fsp3) is 0.889. The van der Waals surface area contributed by atoms with Gasteiger partial charge in [-0.1, -0.05) is 0 Å². The summed E-state index contributed by atoms with van der Waals surface area (Å²) in [4.78, 5) is 11.3. The highest BCUT2D eigenvalue weighted by Gasteiger charge is 2.21. The third-order valence-corrected chi connectivity index (χ3v) is 1.63. The highest BCUT2D eigenvalue weighted by atomic mass is 16.3. The second-order valence-electron chi connectivity index (χ2n) is 4.30. The van der Waals surface area contributed by atoms with E-state index in [1.807, 2.05) is 0 Å². The van der Waals surface area contributed by atoms with Crippen molar-refractivity contribution >= 4 is 5.91 Å². The highest BCUT2D eigenvalue weighted by molar-refractivity contribution is 5.75. The molecule has 0 aliphatic rings. The van der Waals surface area contributed by atoms with Gasteiger partial charge in [-0.05, 0) is 13.8 Å². The Labute approximate surface area is 84.9 Å². The molecule has 14 heavy (non-hydrogen) atoms. The van der Waals surface area contributed by atoms with Crippen LogP contribution in [-0.4, -0.2) is 53.6 Å². The molecule has 84 valence electrons. The second-order valence-corrected chi connectivity index (χ2v) is 4.30. The molecule has 0 aromatic heterocycles. The minimum Gasteiger partial charge on any atom is -0.393 e. The second kappa shape index (κ2) is 5.29. The Morgan fingerprint density at radius 1 is 1.29 bits per heavy atom. The van der Waals surface area contributed by atoms with Gasteiger partial charge in [0, 0.05) is 0 Å². The first-order chi connectivity index (χ1) is 6.23. The van der Waals surface area contributed by atoms with Gasteiger partial charge >= 0.3 is 0 Å². The summed E-state index contributed by atoms with van der Waals surface area (Å²) in [6.07, 6.45) is -1.03. The van der Waals surface area contributed by atoms with Gasteiger partial charge < -0.3 is 10.2 Å². The Morgan fingerprint density at radius 3 is 2.14 bits per heavy atom. The first kappa shape index (κ1) is 13.4. The summed E-state index contributed by atoms with van der Waals surface area (Å²) in [7, 11) is 3.57. The number of hydrogen-bond acceptors (Lipinski definition) is 3. The van der Waals surface area contributed by atoms with E-state index in [1.54, 1.807) is 27.9 Å². The molecule has 0 radical (unpaired) electrons. The molecule has 0 aromatic carbocycles. The number of likely N-dealkylation sites (N-methyl/N-ethyl adjacent to an activating group) is 1. The average Bonchev–Trinajstić information content (AvgIpc) is 1.77. The summed E-state index contributed by atoms with van der Waals surface area (Å²) in [6, 6.07) is 0. The van der Waals surface area contributed by atoms with Crippen LogP contribution >= 0.6 is 0 Å². The molecule has 5 heteroatoms. The fourth-order valence-corrected chi connectivity index (χ4v) is 1.36. The van der Waals surface area contributed by atoms with E-state index in [9.17, 15) is 4.79 Å². The van der Waals surface area contributed by atoms with E-state index >= 15 is 0 Å². The number of hydrogen-bond donors (Lipinski definition) is 3. The number of aliphatic hydroxyl groups is 2. The molecule has 0 bridgehead atoms. The molecule has 0 unspecified atom stereocenters. The van der Waals surface area contributed by atoms with Crippen LogP contribution in [0.3, 0.4) is 0 Å². The van der Waals surface area contributed by atoms with Crippen molar-refractivity contribution in [3.8, 4) is 0 Å². The maximum absolute atomic E-state index is 11.3. The number of amides is 1. The molecule has 0 aromatic rings. The number of aliphatic hydroxyl groups excluding tert-OH is 2. The zero-order valence-electron chi connectivity index (χ0n) is 9.32. The first-order valence-corrected chi connectivity index (χ1v) is 4.73. The van der Waals surface area contributed by atoms with E-state index in [2.05, 4.69) is 5.43 Å². The van der Waals surface area contributed by atoms with Crippen molar-refractivity contribution in [1.29, 1.82) is 0 Å². The van der Waals surface area contributed by atoms with Gasteiger partial charge in [-0.15, -0.1) is 0 Å². The number of carbonyl (C=O) groups is 1. The molecule has 0 aliphatic carbocycles. The maximum Gasteiger partial charge on any atom is 0.267 e. The molecule has 0 aliphatic heterocycles. The third kappa shape index (κ3) is 6.82. The van der Waals surface area contributed by atoms with E-state index in [-0.39, 0.29) is 16.9 Å². The van der Waals surface area contributed by atoms with Crippen LogP contribution in [0, 0.1) is 0 Å². The van der Waals surface area contributed by atoms with Crippen LogP contribution in [0.2, 0.25) is 0 Å². The topological polar surface area (TPSA) is 69.6 Å². The summed E-state index contributed by atoms with van der Waals surface area (Å²) in [5.41, 5.74) is 2.70. The zero-order valence-corrected chi connectivity index (χ0v) is 9.32. The Morgan fingerprint density at radius 2 is 1.79 bits per heavy atom. The Hall–Kier alpha value is -0.650. The number of rotatable bonds is 5. The standard InChI is InChI=1S/C9H20N2O3/c1-7(12)5-9(14)10-11(3,4)6-8(2)13/h7-8,12-13H,5-6H2,1-4H3/p+1/t7-,8-/m0/s1. The number of carbonyl (C=O) groups excluding carboxylic acids is 1. The smallest absolute Gasteiger partial charge is 0.267 e. The minimum atomic E-state index is -0.637. The quantitative estimate of drug-likeness (QED) is 0.408. The lowest BCUT2D eigenvalue weighted by molar-refractivity contribution is -0.927. The lowest BCUT2D eigenvalue weighted by Gasteiger charge is -2.30. The van der Waals surface area contributed by atoms with Crippen molar-refractivity contribution in [3.05, 3.63) is 0 Å². The largest absolute Gasteiger partial charge is 0.393 e. The SMILES string of the molecule is C[C@H](O)CC(=O)N[N+](C)(C)C[C@H](C)O.